The minimum absolute atomic E-state index is 0.0729. The average molecular weight is 281 g/mol. The maximum Gasteiger partial charge on any atom is 0.391 e. The van der Waals surface area contributed by atoms with Gasteiger partial charge in [-0.05, 0) is 25.7 Å². The Labute approximate surface area is 99.7 Å². The molecule has 1 aliphatic carbocycles. The second kappa shape index (κ2) is 5.63. The SMILES string of the molecule is FC(F)C(F)(F)CNC1CCC(C(F)(F)F)CC1. The number of hydrogen-bond donors (Lipinski definition) is 1. The highest BCUT2D eigenvalue weighted by Crippen LogP contribution is 2.37. The Morgan fingerprint density at radius 2 is 1.44 bits per heavy atom. The van der Waals surface area contributed by atoms with Crippen LogP contribution in [-0.4, -0.2) is 31.1 Å². The predicted octanol–water partition coefficient (Wildman–Crippen LogP) is 3.60. The van der Waals surface area contributed by atoms with Crippen molar-refractivity contribution in [3.05, 3.63) is 0 Å². The van der Waals surface area contributed by atoms with Crippen LogP contribution in [0.3, 0.4) is 0 Å². The van der Waals surface area contributed by atoms with Crippen LogP contribution in [-0.2, 0) is 0 Å². The molecule has 1 fully saturated rings. The van der Waals surface area contributed by atoms with Gasteiger partial charge in [-0.15, -0.1) is 0 Å². The summed E-state index contributed by atoms with van der Waals surface area (Å²) in [4.78, 5) is 0. The second-order valence-corrected chi connectivity index (χ2v) is 4.53. The Hall–Kier alpha value is -0.530. The molecule has 1 nitrogen and oxygen atoms in total. The van der Waals surface area contributed by atoms with Crippen LogP contribution in [0.15, 0.2) is 0 Å². The molecule has 1 saturated carbocycles. The van der Waals surface area contributed by atoms with Crippen LogP contribution in [0.4, 0.5) is 30.7 Å². The summed E-state index contributed by atoms with van der Waals surface area (Å²) in [5.41, 5.74) is 0. The summed E-state index contributed by atoms with van der Waals surface area (Å²) < 4.78 is 85.8. The van der Waals surface area contributed by atoms with Crippen molar-refractivity contribution >= 4 is 0 Å². The van der Waals surface area contributed by atoms with Crippen molar-refractivity contribution in [2.75, 3.05) is 6.54 Å². The van der Waals surface area contributed by atoms with Gasteiger partial charge in [0.2, 0.25) is 0 Å². The van der Waals surface area contributed by atoms with Crippen molar-refractivity contribution in [1.29, 1.82) is 0 Å². The first-order valence-electron chi connectivity index (χ1n) is 5.59. The molecule has 0 atom stereocenters. The third-order valence-corrected chi connectivity index (χ3v) is 3.14. The first kappa shape index (κ1) is 15.5. The first-order valence-corrected chi connectivity index (χ1v) is 5.59. The third-order valence-electron chi connectivity index (χ3n) is 3.14. The average Bonchev–Trinajstić information content (AvgIpc) is 2.25. The molecular weight excluding hydrogens is 267 g/mol. The molecule has 0 amide bonds. The number of rotatable bonds is 4. The lowest BCUT2D eigenvalue weighted by molar-refractivity contribution is -0.183. The molecule has 108 valence electrons. The molecule has 0 spiro atoms. The summed E-state index contributed by atoms with van der Waals surface area (Å²) in [6, 6.07) is -0.548. The standard InChI is InChI=1S/C10H14F7N/c11-8(12)9(13,14)5-18-7-3-1-6(2-4-7)10(15,16)17/h6-8,18H,1-5H2. The van der Waals surface area contributed by atoms with E-state index in [-0.39, 0.29) is 25.7 Å². The quantitative estimate of drug-likeness (QED) is 0.776. The first-order chi connectivity index (χ1) is 8.13. The fourth-order valence-electron chi connectivity index (χ4n) is 1.98. The zero-order chi connectivity index (χ0) is 14.0. The predicted molar refractivity (Wildman–Crippen MR) is 50.8 cm³/mol. The van der Waals surface area contributed by atoms with Crippen LogP contribution in [0, 0.1) is 5.92 Å². The third kappa shape index (κ3) is 4.29. The number of alkyl halides is 7. The lowest BCUT2D eigenvalue weighted by atomic mass is 9.85. The Morgan fingerprint density at radius 3 is 1.83 bits per heavy atom. The van der Waals surface area contributed by atoms with Crippen LogP contribution in [0.2, 0.25) is 0 Å². The van der Waals surface area contributed by atoms with Crippen molar-refractivity contribution in [1.82, 2.24) is 5.32 Å². The van der Waals surface area contributed by atoms with E-state index < -0.39 is 37.0 Å². The van der Waals surface area contributed by atoms with Gasteiger partial charge in [0.15, 0.2) is 0 Å². The Bertz CT molecular complexity index is 255. The van der Waals surface area contributed by atoms with Gasteiger partial charge in [0.05, 0.1) is 12.5 Å². The summed E-state index contributed by atoms with van der Waals surface area (Å²) in [5, 5.41) is 2.22. The van der Waals surface area contributed by atoms with Crippen molar-refractivity contribution in [2.45, 2.75) is 50.2 Å². The van der Waals surface area contributed by atoms with Crippen LogP contribution < -0.4 is 5.32 Å². The van der Waals surface area contributed by atoms with E-state index in [0.29, 0.717) is 0 Å². The molecule has 8 heteroatoms. The van der Waals surface area contributed by atoms with E-state index in [1.54, 1.807) is 0 Å². The summed E-state index contributed by atoms with van der Waals surface area (Å²) in [6.07, 6.45) is -8.19. The molecule has 18 heavy (non-hydrogen) atoms. The topological polar surface area (TPSA) is 12.0 Å². The number of halogens is 7. The van der Waals surface area contributed by atoms with Gasteiger partial charge in [0.1, 0.15) is 0 Å². The van der Waals surface area contributed by atoms with Gasteiger partial charge in [-0.1, -0.05) is 0 Å². The highest BCUT2D eigenvalue weighted by Gasteiger charge is 2.43. The second-order valence-electron chi connectivity index (χ2n) is 4.53. The fraction of sp³-hybridized carbons (Fsp3) is 1.00. The maximum absolute atomic E-state index is 12.6. The molecule has 0 unspecified atom stereocenters. The van der Waals surface area contributed by atoms with Gasteiger partial charge in [0.25, 0.3) is 0 Å². The summed E-state index contributed by atoms with van der Waals surface area (Å²) in [5.74, 6) is -5.55. The van der Waals surface area contributed by atoms with E-state index in [1.807, 2.05) is 0 Å². The van der Waals surface area contributed by atoms with E-state index in [4.69, 9.17) is 0 Å². The zero-order valence-electron chi connectivity index (χ0n) is 9.41. The number of nitrogens with one attached hydrogen (secondary N) is 1. The summed E-state index contributed by atoms with van der Waals surface area (Å²) >= 11 is 0. The summed E-state index contributed by atoms with van der Waals surface area (Å²) in [6.45, 7) is -1.20. The van der Waals surface area contributed by atoms with E-state index in [9.17, 15) is 30.7 Å². The number of hydrogen-bond acceptors (Lipinski definition) is 1. The molecule has 0 radical (unpaired) electrons. The van der Waals surface area contributed by atoms with Crippen LogP contribution >= 0.6 is 0 Å². The molecule has 0 heterocycles. The minimum Gasteiger partial charge on any atom is -0.308 e. The van der Waals surface area contributed by atoms with E-state index in [1.165, 1.54) is 0 Å². The highest BCUT2D eigenvalue weighted by molar-refractivity contribution is 4.83. The molecule has 0 aromatic carbocycles. The van der Waals surface area contributed by atoms with Crippen LogP contribution in [0.1, 0.15) is 25.7 Å². The molecule has 0 saturated heterocycles. The Morgan fingerprint density at radius 1 is 0.944 bits per heavy atom. The van der Waals surface area contributed by atoms with Gasteiger partial charge in [-0.25, -0.2) is 8.78 Å². The molecule has 1 N–H and O–H groups in total. The van der Waals surface area contributed by atoms with Gasteiger partial charge >= 0.3 is 18.5 Å². The van der Waals surface area contributed by atoms with Crippen molar-refractivity contribution in [3.8, 4) is 0 Å². The molecule has 0 aromatic rings. The molecule has 1 aliphatic rings. The largest absolute Gasteiger partial charge is 0.391 e. The minimum atomic E-state index is -4.27. The Kier molecular flexibility index (Phi) is 4.85. The van der Waals surface area contributed by atoms with Crippen LogP contribution in [0.5, 0.6) is 0 Å². The Balaban J connectivity index is 2.32. The van der Waals surface area contributed by atoms with Crippen molar-refractivity contribution in [2.24, 2.45) is 5.92 Å². The van der Waals surface area contributed by atoms with Crippen LogP contribution in [0.25, 0.3) is 0 Å². The highest BCUT2D eigenvalue weighted by atomic mass is 19.4. The molecular formula is C10H14F7N. The van der Waals surface area contributed by atoms with E-state index >= 15 is 0 Å². The molecule has 0 bridgehead atoms. The van der Waals surface area contributed by atoms with Gasteiger partial charge in [-0.2, -0.15) is 22.0 Å². The van der Waals surface area contributed by atoms with Crippen molar-refractivity contribution in [3.63, 3.8) is 0 Å². The molecule has 0 aromatic heterocycles. The monoisotopic (exact) mass is 281 g/mol. The van der Waals surface area contributed by atoms with E-state index in [0.717, 1.165) is 0 Å². The summed E-state index contributed by atoms with van der Waals surface area (Å²) in [7, 11) is 0. The zero-order valence-corrected chi connectivity index (χ0v) is 9.41. The smallest absolute Gasteiger partial charge is 0.308 e. The van der Waals surface area contributed by atoms with Crippen molar-refractivity contribution < 1.29 is 30.7 Å². The van der Waals surface area contributed by atoms with Gasteiger partial charge in [-0.3, -0.25) is 0 Å². The van der Waals surface area contributed by atoms with E-state index in [2.05, 4.69) is 5.32 Å². The van der Waals surface area contributed by atoms with Gasteiger partial charge < -0.3 is 5.32 Å². The lowest BCUT2D eigenvalue weighted by Gasteiger charge is -2.31. The molecule has 1 rings (SSSR count). The normalized spacial score (nSPS) is 26.7. The van der Waals surface area contributed by atoms with Gasteiger partial charge in [0, 0.05) is 6.04 Å². The maximum atomic E-state index is 12.6. The lowest BCUT2D eigenvalue weighted by Crippen LogP contribution is -2.45. The molecule has 0 aliphatic heterocycles. The fourth-order valence-corrected chi connectivity index (χ4v) is 1.98.